The summed E-state index contributed by atoms with van der Waals surface area (Å²) < 4.78 is 0. The van der Waals surface area contributed by atoms with Crippen molar-refractivity contribution in [2.45, 2.75) is 11.6 Å². The van der Waals surface area contributed by atoms with Crippen LogP contribution in [0.15, 0.2) is 29.8 Å². The van der Waals surface area contributed by atoms with Crippen LogP contribution in [0.25, 0.3) is 0 Å². The molecule has 6 heteroatoms. The van der Waals surface area contributed by atoms with Gasteiger partial charge in [0.05, 0.1) is 6.20 Å². The van der Waals surface area contributed by atoms with Gasteiger partial charge in [0.2, 0.25) is 0 Å². The van der Waals surface area contributed by atoms with E-state index >= 15 is 0 Å². The average Bonchev–Trinajstić information content (AvgIpc) is 2.79. The van der Waals surface area contributed by atoms with Crippen molar-refractivity contribution < 1.29 is 0 Å². The molecule has 2 heterocycles. The zero-order chi connectivity index (χ0) is 10.5. The summed E-state index contributed by atoms with van der Waals surface area (Å²) in [7, 11) is 0. The van der Waals surface area contributed by atoms with E-state index in [2.05, 4.69) is 25.5 Å². The lowest BCUT2D eigenvalue weighted by molar-refractivity contribution is 1.02. The number of H-pyrrole nitrogens is 1. The molecular formula is C9H11N5S. The molecule has 0 aliphatic carbocycles. The maximum absolute atomic E-state index is 4.12. The van der Waals surface area contributed by atoms with E-state index in [1.54, 1.807) is 24.3 Å². The quantitative estimate of drug-likeness (QED) is 0.605. The Bertz CT molecular complexity index is 414. The Morgan fingerprint density at radius 3 is 3.13 bits per heavy atom. The molecule has 0 atom stereocenters. The van der Waals surface area contributed by atoms with E-state index in [9.17, 15) is 0 Å². The van der Waals surface area contributed by atoms with E-state index in [1.807, 2.05) is 18.5 Å². The lowest BCUT2D eigenvalue weighted by atomic mass is 10.3. The molecule has 0 aliphatic heterocycles. The number of aromatic amines is 1. The SMILES string of the molecule is CSc1cc(NCc2cn[nH]c2)ncn1. The van der Waals surface area contributed by atoms with Gasteiger partial charge >= 0.3 is 0 Å². The van der Waals surface area contributed by atoms with Crippen molar-refractivity contribution >= 4 is 17.6 Å². The Morgan fingerprint density at radius 1 is 1.47 bits per heavy atom. The minimum atomic E-state index is 0.710. The fraction of sp³-hybridized carbons (Fsp3) is 0.222. The molecule has 2 aromatic heterocycles. The van der Waals surface area contributed by atoms with Crippen LogP contribution in [0.1, 0.15) is 5.56 Å². The van der Waals surface area contributed by atoms with E-state index in [-0.39, 0.29) is 0 Å². The van der Waals surface area contributed by atoms with Crippen molar-refractivity contribution in [2.24, 2.45) is 0 Å². The van der Waals surface area contributed by atoms with Gasteiger partial charge in [-0.25, -0.2) is 9.97 Å². The molecule has 0 saturated carbocycles. The summed E-state index contributed by atoms with van der Waals surface area (Å²) in [4.78, 5) is 8.22. The monoisotopic (exact) mass is 221 g/mol. The molecule has 0 aliphatic rings. The number of hydrogen-bond acceptors (Lipinski definition) is 5. The molecule has 0 bridgehead atoms. The van der Waals surface area contributed by atoms with Gasteiger partial charge in [-0.1, -0.05) is 0 Å². The van der Waals surface area contributed by atoms with Crippen LogP contribution in [0.3, 0.4) is 0 Å². The zero-order valence-electron chi connectivity index (χ0n) is 8.27. The van der Waals surface area contributed by atoms with Crippen LogP contribution in [0.2, 0.25) is 0 Å². The molecular weight excluding hydrogens is 210 g/mol. The molecule has 0 fully saturated rings. The highest BCUT2D eigenvalue weighted by Crippen LogP contribution is 2.14. The molecule has 2 aromatic rings. The second-order valence-corrected chi connectivity index (χ2v) is 3.73. The van der Waals surface area contributed by atoms with E-state index in [1.165, 1.54) is 0 Å². The van der Waals surface area contributed by atoms with E-state index in [4.69, 9.17) is 0 Å². The summed E-state index contributed by atoms with van der Waals surface area (Å²) >= 11 is 1.60. The van der Waals surface area contributed by atoms with Crippen LogP contribution in [0.5, 0.6) is 0 Å². The van der Waals surface area contributed by atoms with Gasteiger partial charge in [-0.15, -0.1) is 11.8 Å². The first-order chi connectivity index (χ1) is 7.38. The normalized spacial score (nSPS) is 10.2. The summed E-state index contributed by atoms with van der Waals surface area (Å²) in [6.07, 6.45) is 7.18. The summed E-state index contributed by atoms with van der Waals surface area (Å²) in [6, 6.07) is 1.92. The molecule has 78 valence electrons. The van der Waals surface area contributed by atoms with Crippen LogP contribution < -0.4 is 5.32 Å². The van der Waals surface area contributed by atoms with Crippen LogP contribution in [0.4, 0.5) is 5.82 Å². The van der Waals surface area contributed by atoms with Gasteiger partial charge in [0.15, 0.2) is 0 Å². The number of hydrogen-bond donors (Lipinski definition) is 2. The highest BCUT2D eigenvalue weighted by atomic mass is 32.2. The Hall–Kier alpha value is -1.56. The third kappa shape index (κ3) is 2.69. The Morgan fingerprint density at radius 2 is 2.40 bits per heavy atom. The van der Waals surface area contributed by atoms with E-state index in [0.717, 1.165) is 16.4 Å². The molecule has 2 rings (SSSR count). The summed E-state index contributed by atoms with van der Waals surface area (Å²) in [6.45, 7) is 0.710. The third-order valence-corrected chi connectivity index (χ3v) is 2.52. The zero-order valence-corrected chi connectivity index (χ0v) is 9.08. The highest BCUT2D eigenvalue weighted by Gasteiger charge is 1.98. The van der Waals surface area contributed by atoms with E-state index in [0.29, 0.717) is 6.54 Å². The van der Waals surface area contributed by atoms with Crippen molar-refractivity contribution in [1.82, 2.24) is 20.2 Å². The molecule has 0 unspecified atom stereocenters. The number of aromatic nitrogens is 4. The van der Waals surface area contributed by atoms with Crippen molar-refractivity contribution in [3.8, 4) is 0 Å². The second-order valence-electron chi connectivity index (χ2n) is 2.91. The second kappa shape index (κ2) is 4.79. The standard InChI is InChI=1S/C9H11N5S/c1-15-9-2-8(11-6-12-9)10-3-7-4-13-14-5-7/h2,4-6H,3H2,1H3,(H,13,14)(H,10,11,12). The Balaban J connectivity index is 1.98. The molecule has 15 heavy (non-hydrogen) atoms. The van der Waals surface area contributed by atoms with Crippen molar-refractivity contribution in [3.05, 3.63) is 30.4 Å². The van der Waals surface area contributed by atoms with E-state index < -0.39 is 0 Å². The molecule has 0 radical (unpaired) electrons. The summed E-state index contributed by atoms with van der Waals surface area (Å²) in [5.41, 5.74) is 1.10. The van der Waals surface area contributed by atoms with Gasteiger partial charge in [-0.2, -0.15) is 5.10 Å². The average molecular weight is 221 g/mol. The van der Waals surface area contributed by atoms with Crippen LogP contribution in [-0.2, 0) is 6.54 Å². The minimum Gasteiger partial charge on any atom is -0.366 e. The summed E-state index contributed by atoms with van der Waals surface area (Å²) in [5, 5.41) is 10.8. The van der Waals surface area contributed by atoms with Crippen LogP contribution in [-0.4, -0.2) is 26.4 Å². The highest BCUT2D eigenvalue weighted by molar-refractivity contribution is 7.98. The molecule has 0 amide bonds. The van der Waals surface area contributed by atoms with Crippen LogP contribution >= 0.6 is 11.8 Å². The maximum Gasteiger partial charge on any atom is 0.130 e. The Labute approximate surface area is 91.7 Å². The first-order valence-corrected chi connectivity index (χ1v) is 5.68. The third-order valence-electron chi connectivity index (χ3n) is 1.88. The topological polar surface area (TPSA) is 66.5 Å². The maximum atomic E-state index is 4.12. The minimum absolute atomic E-state index is 0.710. The molecule has 0 spiro atoms. The van der Waals surface area contributed by atoms with Crippen LogP contribution in [0, 0.1) is 0 Å². The fourth-order valence-electron chi connectivity index (χ4n) is 1.11. The van der Waals surface area contributed by atoms with Gasteiger partial charge in [0, 0.05) is 24.4 Å². The smallest absolute Gasteiger partial charge is 0.130 e. The Kier molecular flexibility index (Phi) is 3.18. The number of rotatable bonds is 4. The van der Waals surface area contributed by atoms with Gasteiger partial charge in [0.25, 0.3) is 0 Å². The predicted molar refractivity (Wildman–Crippen MR) is 59.7 cm³/mol. The van der Waals surface area contributed by atoms with Crippen molar-refractivity contribution in [2.75, 3.05) is 11.6 Å². The number of anilines is 1. The number of thioether (sulfide) groups is 1. The van der Waals surface area contributed by atoms with Gasteiger partial charge in [-0.05, 0) is 6.26 Å². The van der Waals surface area contributed by atoms with Gasteiger partial charge < -0.3 is 5.32 Å². The van der Waals surface area contributed by atoms with Gasteiger partial charge in [-0.3, -0.25) is 5.10 Å². The number of nitrogens with zero attached hydrogens (tertiary/aromatic N) is 3. The lowest BCUT2D eigenvalue weighted by Gasteiger charge is -2.03. The first-order valence-electron chi connectivity index (χ1n) is 4.46. The van der Waals surface area contributed by atoms with Crippen molar-refractivity contribution in [1.29, 1.82) is 0 Å². The summed E-state index contributed by atoms with van der Waals surface area (Å²) in [5.74, 6) is 0.829. The molecule has 2 N–H and O–H groups in total. The largest absolute Gasteiger partial charge is 0.366 e. The lowest BCUT2D eigenvalue weighted by Crippen LogP contribution is -2.00. The molecule has 0 aromatic carbocycles. The predicted octanol–water partition coefficient (Wildman–Crippen LogP) is 1.53. The first kappa shape index (κ1) is 9.97. The molecule has 0 saturated heterocycles. The molecule has 5 nitrogen and oxygen atoms in total. The van der Waals surface area contributed by atoms with Crippen molar-refractivity contribution in [3.63, 3.8) is 0 Å². The number of nitrogens with one attached hydrogen (secondary N) is 2. The van der Waals surface area contributed by atoms with Gasteiger partial charge in [0.1, 0.15) is 17.2 Å². The fourth-order valence-corrected chi connectivity index (χ4v) is 1.50.